The van der Waals surface area contributed by atoms with E-state index in [-0.39, 0.29) is 6.61 Å². The molecule has 0 saturated heterocycles. The number of fused-ring (bicyclic) bond motifs is 1. The van der Waals surface area contributed by atoms with Gasteiger partial charge in [0.15, 0.2) is 0 Å². The molecule has 0 spiro atoms. The van der Waals surface area contributed by atoms with Gasteiger partial charge in [-0.1, -0.05) is 54.4 Å². The minimum atomic E-state index is -4.55. The summed E-state index contributed by atoms with van der Waals surface area (Å²) >= 11 is 0. The summed E-state index contributed by atoms with van der Waals surface area (Å²) in [6.07, 6.45) is 2.56. The number of hydrogen-bond acceptors (Lipinski definition) is 10. The molecule has 0 aliphatic rings. The van der Waals surface area contributed by atoms with Crippen LogP contribution in [0.25, 0.3) is 10.8 Å². The first-order valence-corrected chi connectivity index (χ1v) is 22.9. The summed E-state index contributed by atoms with van der Waals surface area (Å²) in [6, 6.07) is 26.4. The second-order valence-electron chi connectivity index (χ2n) is 13.1. The maximum Gasteiger partial charge on any atom is 0.472 e. The van der Waals surface area contributed by atoms with E-state index in [1.54, 1.807) is 0 Å². The van der Waals surface area contributed by atoms with Crippen molar-refractivity contribution >= 4 is 45.4 Å². The molecular formula is C40H49N2O11P3. The topological polar surface area (TPSA) is 165 Å². The Labute approximate surface area is 329 Å². The smallest absolute Gasteiger partial charge is 0.378 e. The molecule has 0 saturated carbocycles. The Kier molecular flexibility index (Phi) is 16.9. The van der Waals surface area contributed by atoms with Crippen molar-refractivity contribution in [3.63, 3.8) is 0 Å². The fraction of sp³-hybridized carbons (Fsp3) is 0.350. The number of phosphoric acid groups is 2. The van der Waals surface area contributed by atoms with E-state index in [9.17, 15) is 23.5 Å². The zero-order valence-electron chi connectivity index (χ0n) is 32.2. The van der Waals surface area contributed by atoms with Crippen LogP contribution in [0.1, 0.15) is 47.1 Å². The molecule has 0 heterocycles. The zero-order valence-corrected chi connectivity index (χ0v) is 34.9. The van der Waals surface area contributed by atoms with Gasteiger partial charge in [-0.3, -0.25) is 22.7 Å². The minimum Gasteiger partial charge on any atom is -0.378 e. The van der Waals surface area contributed by atoms with Gasteiger partial charge in [-0.2, -0.15) is 0 Å². The molecule has 4 aromatic rings. The predicted molar refractivity (Wildman–Crippen MR) is 220 cm³/mol. The lowest BCUT2D eigenvalue weighted by Gasteiger charge is -2.15. The Bertz CT molecular complexity index is 2180. The molecule has 16 heteroatoms. The van der Waals surface area contributed by atoms with Crippen LogP contribution < -0.4 is 9.80 Å². The SMILES string of the molecule is CN(C)c1ccc(C#Cc2cc(CCCCCOP(=O)(O)OCCOP(=O)(O)OCCOP(C)(=O)O)c(C#Cc3ccc(N(C)C)cc3)c3ccccc23)cc1. The van der Waals surface area contributed by atoms with Gasteiger partial charge in [0.1, 0.15) is 0 Å². The van der Waals surface area contributed by atoms with Gasteiger partial charge in [0.05, 0.1) is 33.0 Å². The maximum atomic E-state index is 12.3. The summed E-state index contributed by atoms with van der Waals surface area (Å²) < 4.78 is 59.1. The molecule has 3 atom stereocenters. The van der Waals surface area contributed by atoms with Crippen LogP contribution in [0.2, 0.25) is 0 Å². The number of aryl methyl sites for hydroxylation is 1. The van der Waals surface area contributed by atoms with E-state index >= 15 is 0 Å². The fourth-order valence-electron chi connectivity index (χ4n) is 5.35. The van der Waals surface area contributed by atoms with Crippen molar-refractivity contribution in [1.82, 2.24) is 0 Å². The fourth-order valence-corrected chi connectivity index (χ4v) is 7.19. The quantitative estimate of drug-likeness (QED) is 0.0482. The van der Waals surface area contributed by atoms with Crippen LogP contribution in [0.5, 0.6) is 0 Å². The molecule has 0 amide bonds. The molecule has 4 aromatic carbocycles. The highest BCUT2D eigenvalue weighted by molar-refractivity contribution is 7.51. The third kappa shape index (κ3) is 15.3. The van der Waals surface area contributed by atoms with Crippen molar-refractivity contribution in [1.29, 1.82) is 0 Å². The predicted octanol–water partition coefficient (Wildman–Crippen LogP) is 7.58. The molecule has 0 aliphatic carbocycles. The summed E-state index contributed by atoms with van der Waals surface area (Å²) in [5.74, 6) is 13.5. The van der Waals surface area contributed by atoms with E-state index in [2.05, 4.69) is 55.5 Å². The summed E-state index contributed by atoms with van der Waals surface area (Å²) in [6.45, 7) is -1.09. The van der Waals surface area contributed by atoms with Gasteiger partial charge in [-0.05, 0) is 90.2 Å². The van der Waals surface area contributed by atoms with Gasteiger partial charge in [0.2, 0.25) is 0 Å². The van der Waals surface area contributed by atoms with Gasteiger partial charge >= 0.3 is 23.2 Å². The van der Waals surface area contributed by atoms with Crippen molar-refractivity contribution in [2.45, 2.75) is 25.7 Å². The summed E-state index contributed by atoms with van der Waals surface area (Å²) in [5, 5.41) is 2.02. The third-order valence-electron chi connectivity index (χ3n) is 8.17. The van der Waals surface area contributed by atoms with Crippen molar-refractivity contribution in [2.75, 3.05) is 77.7 Å². The van der Waals surface area contributed by atoms with Crippen molar-refractivity contribution in [3.05, 3.63) is 107 Å². The second-order valence-corrected chi connectivity index (χ2v) is 17.9. The lowest BCUT2D eigenvalue weighted by molar-refractivity contribution is 0.0944. The van der Waals surface area contributed by atoms with Crippen LogP contribution in [-0.4, -0.2) is 82.6 Å². The molecule has 0 fully saturated rings. The van der Waals surface area contributed by atoms with Gasteiger partial charge in [0.25, 0.3) is 0 Å². The minimum absolute atomic E-state index is 0.0565. The Morgan fingerprint density at radius 3 is 1.52 bits per heavy atom. The molecule has 3 N–H and O–H groups in total. The summed E-state index contributed by atoms with van der Waals surface area (Å²) in [4.78, 5) is 32.8. The van der Waals surface area contributed by atoms with Crippen LogP contribution in [0.4, 0.5) is 11.4 Å². The van der Waals surface area contributed by atoms with Crippen LogP contribution in [0, 0.1) is 23.7 Å². The third-order valence-corrected chi connectivity index (χ3v) is 10.9. The highest BCUT2D eigenvalue weighted by atomic mass is 31.2. The standard InChI is InChI=1S/C40H49N2O11P3/c1-41(2)36-21-15-32(16-22-36)14-20-35-31-34(39(40-13-9-8-12-38(35)40)25-19-33-17-23-37(24-18-33)42(3)4)11-7-6-10-26-50-55(45,46)52-29-30-53-56(47,48)51-28-27-49-54(5,43)44/h8-9,12-13,15-18,21-24,31H,6-7,10-11,26-30H2,1-5H3,(H,43,44)(H,45,46)(H,47,48). The molecule has 0 aliphatic heterocycles. The first-order chi connectivity index (χ1) is 26.5. The monoisotopic (exact) mass is 826 g/mol. The van der Waals surface area contributed by atoms with Crippen molar-refractivity contribution in [2.24, 2.45) is 0 Å². The number of nitrogens with zero attached hydrogens (tertiary/aromatic N) is 2. The summed E-state index contributed by atoms with van der Waals surface area (Å²) in [5.41, 5.74) is 6.84. The molecular weight excluding hydrogens is 777 g/mol. The highest BCUT2D eigenvalue weighted by Gasteiger charge is 2.24. The molecule has 0 bridgehead atoms. The Hall–Kier alpha value is -3.77. The van der Waals surface area contributed by atoms with Gasteiger partial charge in [-0.15, -0.1) is 0 Å². The Morgan fingerprint density at radius 2 is 1.02 bits per heavy atom. The highest BCUT2D eigenvalue weighted by Crippen LogP contribution is 2.46. The van der Waals surface area contributed by atoms with Gasteiger partial charge in [-0.25, -0.2) is 9.13 Å². The maximum absolute atomic E-state index is 12.3. The Balaban J connectivity index is 1.40. The number of anilines is 2. The van der Waals surface area contributed by atoms with Crippen molar-refractivity contribution < 1.29 is 51.0 Å². The van der Waals surface area contributed by atoms with Crippen molar-refractivity contribution in [3.8, 4) is 23.7 Å². The zero-order chi connectivity index (χ0) is 40.8. The average Bonchev–Trinajstić information content (AvgIpc) is 3.15. The first-order valence-electron chi connectivity index (χ1n) is 17.8. The Morgan fingerprint density at radius 1 is 0.554 bits per heavy atom. The van der Waals surface area contributed by atoms with E-state index in [1.165, 1.54) is 0 Å². The van der Waals surface area contributed by atoms with Gasteiger partial charge in [0, 0.05) is 68.5 Å². The largest absolute Gasteiger partial charge is 0.472 e. The van der Waals surface area contributed by atoms with Crippen LogP contribution in [0.15, 0.2) is 78.9 Å². The molecule has 300 valence electrons. The van der Waals surface area contributed by atoms with E-state index in [0.29, 0.717) is 19.3 Å². The van der Waals surface area contributed by atoms with Crippen LogP contribution >= 0.6 is 23.2 Å². The number of unbranched alkanes of at least 4 members (excludes halogenated alkanes) is 2. The molecule has 0 radical (unpaired) electrons. The number of rotatable bonds is 19. The lowest BCUT2D eigenvalue weighted by Crippen LogP contribution is -2.07. The molecule has 4 rings (SSSR count). The number of phosphoric ester groups is 2. The van der Waals surface area contributed by atoms with E-state index in [4.69, 9.17) is 13.9 Å². The normalized spacial score (nSPS) is 14.4. The molecule has 56 heavy (non-hydrogen) atoms. The number of benzene rings is 4. The van der Waals surface area contributed by atoms with E-state index < -0.39 is 49.7 Å². The van der Waals surface area contributed by atoms with Gasteiger partial charge < -0.3 is 29.0 Å². The van der Waals surface area contributed by atoms with Crippen LogP contribution in [-0.2, 0) is 42.7 Å². The first kappa shape index (κ1) is 44.9. The molecule has 0 aromatic heterocycles. The van der Waals surface area contributed by atoms with Crippen LogP contribution in [0.3, 0.4) is 0 Å². The van der Waals surface area contributed by atoms with E-state index in [1.807, 2.05) is 98.7 Å². The average molecular weight is 827 g/mol. The number of hydrogen-bond donors (Lipinski definition) is 3. The molecule has 3 unspecified atom stereocenters. The summed E-state index contributed by atoms with van der Waals surface area (Å²) in [7, 11) is -4.79. The lowest BCUT2D eigenvalue weighted by atomic mass is 9.92. The van der Waals surface area contributed by atoms with E-state index in [0.717, 1.165) is 63.1 Å². The molecule has 13 nitrogen and oxygen atoms in total. The second kappa shape index (κ2) is 21.1.